The number of likely N-dealkylation sites (tertiary alicyclic amines) is 1. The SMILES string of the molecule is COC[C@@H]1NC(=O)CC/C=C\CN(c2cc(C)ccc2C)C(=O)[C@H]2N(CCCCO)C(=O)[C@@H]3[C@@H](C(=O)O[C@H]1c1ccccc1)[C@@H]1O[C@@]32C=C1Br. The van der Waals surface area contributed by atoms with Crippen LogP contribution in [0.1, 0.15) is 48.5 Å². The Morgan fingerprint density at radius 2 is 1.80 bits per heavy atom. The molecule has 50 heavy (non-hydrogen) atoms. The van der Waals surface area contributed by atoms with Gasteiger partial charge in [0.15, 0.2) is 0 Å². The summed E-state index contributed by atoms with van der Waals surface area (Å²) in [6.45, 7) is 4.26. The van der Waals surface area contributed by atoms with Gasteiger partial charge in [0.2, 0.25) is 11.8 Å². The number of aliphatic hydroxyl groups excluding tert-OH is 1. The normalized spacial score (nSPS) is 30.6. The van der Waals surface area contributed by atoms with E-state index in [-0.39, 0.29) is 50.4 Å². The monoisotopic (exact) mass is 749 g/mol. The summed E-state index contributed by atoms with van der Waals surface area (Å²) >= 11 is 3.62. The van der Waals surface area contributed by atoms with Crippen molar-refractivity contribution in [2.45, 2.75) is 69.4 Å². The molecule has 2 fully saturated rings. The second-order valence-electron chi connectivity index (χ2n) is 13.4. The fourth-order valence-electron chi connectivity index (χ4n) is 7.77. The summed E-state index contributed by atoms with van der Waals surface area (Å²) in [5.41, 5.74) is 1.73. The Kier molecular flexibility index (Phi) is 10.9. The van der Waals surface area contributed by atoms with E-state index in [0.717, 1.165) is 11.1 Å². The van der Waals surface area contributed by atoms with Gasteiger partial charge in [-0.1, -0.05) is 70.5 Å². The van der Waals surface area contributed by atoms with Crippen LogP contribution in [0.5, 0.6) is 0 Å². The van der Waals surface area contributed by atoms with Crippen LogP contribution in [0.15, 0.2) is 71.2 Å². The fourth-order valence-corrected chi connectivity index (χ4v) is 8.51. The van der Waals surface area contributed by atoms with Crippen LogP contribution in [0, 0.1) is 25.7 Å². The molecule has 0 saturated carbocycles. The van der Waals surface area contributed by atoms with Crippen molar-refractivity contribution in [1.82, 2.24) is 10.2 Å². The first-order valence-corrected chi connectivity index (χ1v) is 17.9. The van der Waals surface area contributed by atoms with Crippen molar-refractivity contribution in [3.63, 3.8) is 0 Å². The number of ether oxygens (including phenoxy) is 3. The highest BCUT2D eigenvalue weighted by Gasteiger charge is 2.75. The quantitative estimate of drug-likeness (QED) is 0.235. The number of allylic oxidation sites excluding steroid dienone is 1. The number of hydrogen-bond donors (Lipinski definition) is 2. The third-order valence-corrected chi connectivity index (χ3v) is 10.8. The molecule has 0 aromatic heterocycles. The number of unbranched alkanes of at least 4 members (excludes halogenated alkanes) is 1. The van der Waals surface area contributed by atoms with Gasteiger partial charge in [-0.05, 0) is 61.9 Å². The number of anilines is 1. The molecular weight excluding hydrogens is 706 g/mol. The first-order chi connectivity index (χ1) is 24.1. The van der Waals surface area contributed by atoms with Crippen molar-refractivity contribution in [3.8, 4) is 0 Å². The second kappa shape index (κ2) is 15.2. The molecule has 12 heteroatoms. The molecule has 1 spiro atoms. The number of carbonyl (C=O) groups excluding carboxylic acids is 4. The van der Waals surface area contributed by atoms with Crippen molar-refractivity contribution in [1.29, 1.82) is 0 Å². The molecule has 0 aliphatic carbocycles. The van der Waals surface area contributed by atoms with Crippen molar-refractivity contribution < 1.29 is 38.5 Å². The summed E-state index contributed by atoms with van der Waals surface area (Å²) in [5.74, 6) is -3.76. The minimum absolute atomic E-state index is 0.0619. The number of halogens is 1. The molecule has 7 atom stereocenters. The van der Waals surface area contributed by atoms with E-state index in [1.165, 1.54) is 12.0 Å². The maximum absolute atomic E-state index is 15.1. The predicted octanol–water partition coefficient (Wildman–Crippen LogP) is 4.05. The Morgan fingerprint density at radius 1 is 1.02 bits per heavy atom. The van der Waals surface area contributed by atoms with Gasteiger partial charge in [-0.2, -0.15) is 0 Å². The average molecular weight is 751 g/mol. The summed E-state index contributed by atoms with van der Waals surface area (Å²) in [5, 5.41) is 12.6. The first kappa shape index (κ1) is 36.0. The van der Waals surface area contributed by atoms with E-state index < -0.39 is 47.7 Å². The number of esters is 1. The highest BCUT2D eigenvalue weighted by molar-refractivity contribution is 9.11. The lowest BCUT2D eigenvalue weighted by Gasteiger charge is -2.36. The van der Waals surface area contributed by atoms with Crippen molar-refractivity contribution in [2.24, 2.45) is 11.8 Å². The van der Waals surface area contributed by atoms with E-state index in [1.807, 2.05) is 74.5 Å². The minimum Gasteiger partial charge on any atom is -0.455 e. The number of nitrogens with one attached hydrogen (secondary N) is 1. The third-order valence-electron chi connectivity index (χ3n) is 10.1. The molecule has 2 aromatic rings. The van der Waals surface area contributed by atoms with Crippen LogP contribution in [0.2, 0.25) is 0 Å². The molecule has 4 aliphatic rings. The van der Waals surface area contributed by atoms with E-state index in [0.29, 0.717) is 35.0 Å². The van der Waals surface area contributed by atoms with Crippen molar-refractivity contribution in [2.75, 3.05) is 38.3 Å². The molecule has 0 radical (unpaired) electrons. The Bertz CT molecular complexity index is 1680. The number of cyclic esters (lactones) is 1. The van der Waals surface area contributed by atoms with Gasteiger partial charge in [0, 0.05) is 43.4 Å². The van der Waals surface area contributed by atoms with Crippen LogP contribution >= 0.6 is 15.9 Å². The molecule has 2 aromatic carbocycles. The number of carbonyl (C=O) groups is 4. The molecule has 0 unspecified atom stereocenters. The van der Waals surface area contributed by atoms with Gasteiger partial charge in [-0.25, -0.2) is 0 Å². The largest absolute Gasteiger partial charge is 0.455 e. The molecule has 2 N–H and O–H groups in total. The van der Waals surface area contributed by atoms with Gasteiger partial charge in [0.25, 0.3) is 5.91 Å². The smallest absolute Gasteiger partial charge is 0.313 e. The number of rotatable bonds is 8. The molecule has 2 saturated heterocycles. The minimum atomic E-state index is -1.45. The van der Waals surface area contributed by atoms with Gasteiger partial charge >= 0.3 is 5.97 Å². The molecule has 11 nitrogen and oxygen atoms in total. The zero-order valence-electron chi connectivity index (χ0n) is 28.5. The van der Waals surface area contributed by atoms with E-state index in [4.69, 9.17) is 14.2 Å². The van der Waals surface area contributed by atoms with Gasteiger partial charge in [0.1, 0.15) is 29.8 Å². The standard InChI is InChI=1S/C38H44BrN3O8/c1-23-15-16-24(2)28(20-23)41-17-9-5-8-14-29(44)40-27(22-48-3)32(25-12-6-4-7-13-25)49-37(47)30-31-35(45)42(18-10-11-19-43)34(36(41)46)38(31)21-26(39)33(30)50-38/h4-7,9,12-13,15-16,20-21,27,30-34,43H,8,10-11,14,17-19,22H2,1-3H3,(H,40,44)/b9-5-/t27-,30+,31-,32-,33+,34+,38-/m0/s1. The molecule has 6 rings (SSSR count). The van der Waals surface area contributed by atoms with E-state index in [2.05, 4.69) is 21.2 Å². The van der Waals surface area contributed by atoms with Crippen LogP contribution < -0.4 is 10.2 Å². The zero-order valence-corrected chi connectivity index (χ0v) is 30.1. The summed E-state index contributed by atoms with van der Waals surface area (Å²) in [4.78, 5) is 60.7. The number of nitrogens with zero attached hydrogens (tertiary/aromatic N) is 2. The summed E-state index contributed by atoms with van der Waals surface area (Å²) in [7, 11) is 1.51. The lowest BCUT2D eigenvalue weighted by molar-refractivity contribution is -0.162. The molecule has 266 valence electrons. The molecule has 5 bridgehead atoms. The van der Waals surface area contributed by atoms with Gasteiger partial charge < -0.3 is 34.4 Å². The van der Waals surface area contributed by atoms with E-state index >= 15 is 4.79 Å². The van der Waals surface area contributed by atoms with Crippen LogP contribution in [0.3, 0.4) is 0 Å². The number of benzene rings is 2. The Morgan fingerprint density at radius 3 is 2.54 bits per heavy atom. The van der Waals surface area contributed by atoms with Crippen LogP contribution in [0.25, 0.3) is 0 Å². The van der Waals surface area contributed by atoms with Crippen LogP contribution in [-0.4, -0.2) is 90.9 Å². The summed E-state index contributed by atoms with van der Waals surface area (Å²) in [6.07, 6.45) is 5.18. The summed E-state index contributed by atoms with van der Waals surface area (Å²) in [6, 6.07) is 13.2. The third kappa shape index (κ3) is 6.66. The number of amides is 3. The Labute approximate surface area is 300 Å². The van der Waals surface area contributed by atoms with Crippen molar-refractivity contribution >= 4 is 45.3 Å². The Hall–Kier alpha value is -3.84. The molecular formula is C38H44BrN3O8. The maximum atomic E-state index is 15.1. The van der Waals surface area contributed by atoms with E-state index in [9.17, 15) is 19.5 Å². The van der Waals surface area contributed by atoms with Gasteiger partial charge in [-0.15, -0.1) is 0 Å². The predicted molar refractivity (Wildman–Crippen MR) is 189 cm³/mol. The summed E-state index contributed by atoms with van der Waals surface area (Å²) < 4.78 is 19.0. The zero-order chi connectivity index (χ0) is 35.6. The van der Waals surface area contributed by atoms with Crippen molar-refractivity contribution in [3.05, 3.63) is 87.9 Å². The molecule has 3 amide bonds. The van der Waals surface area contributed by atoms with Gasteiger partial charge in [0.05, 0.1) is 18.6 Å². The first-order valence-electron chi connectivity index (χ1n) is 17.2. The average Bonchev–Trinajstić information content (AvgIpc) is 3.69. The number of aryl methyl sites for hydroxylation is 2. The topological polar surface area (TPSA) is 135 Å². The number of aliphatic hydroxyl groups is 1. The van der Waals surface area contributed by atoms with E-state index in [1.54, 1.807) is 11.0 Å². The van der Waals surface area contributed by atoms with Crippen LogP contribution in [-0.2, 0) is 33.4 Å². The lowest BCUT2D eigenvalue weighted by atomic mass is 9.74. The highest BCUT2D eigenvalue weighted by atomic mass is 79.9. The lowest BCUT2D eigenvalue weighted by Crippen LogP contribution is -2.56. The second-order valence-corrected chi connectivity index (χ2v) is 14.4. The maximum Gasteiger partial charge on any atom is 0.313 e. The fraction of sp³-hybridized carbons (Fsp3) is 0.474. The highest BCUT2D eigenvalue weighted by Crippen LogP contribution is 2.59. The molecule has 4 aliphatic heterocycles. The number of methoxy groups -OCH3 is 1. The number of fused-ring (bicyclic) bond motifs is 2. The molecule has 4 heterocycles. The number of hydrogen-bond acceptors (Lipinski definition) is 8. The van der Waals surface area contributed by atoms with Gasteiger partial charge in [-0.3, -0.25) is 19.2 Å². The van der Waals surface area contributed by atoms with Crippen LogP contribution in [0.4, 0.5) is 5.69 Å². The Balaban J connectivity index is 1.48.